The van der Waals surface area contributed by atoms with Crippen molar-refractivity contribution < 1.29 is 18.8 Å². The van der Waals surface area contributed by atoms with Crippen LogP contribution in [0, 0.1) is 0 Å². The van der Waals surface area contributed by atoms with E-state index < -0.39 is 11.7 Å². The van der Waals surface area contributed by atoms with Crippen LogP contribution in [0.2, 0.25) is 0 Å². The van der Waals surface area contributed by atoms with E-state index in [-0.39, 0.29) is 0 Å². The number of hydrogen-bond acceptors (Lipinski definition) is 5. The molecule has 2 aromatic carbocycles. The van der Waals surface area contributed by atoms with E-state index >= 15 is 0 Å². The van der Waals surface area contributed by atoms with Crippen LogP contribution in [0.25, 0.3) is 11.3 Å². The quantitative estimate of drug-likeness (QED) is 0.723. The molecule has 0 aliphatic carbocycles. The summed E-state index contributed by atoms with van der Waals surface area (Å²) in [5.74, 6) is 1.27. The summed E-state index contributed by atoms with van der Waals surface area (Å²) in [4.78, 5) is 24.1. The maximum Gasteiger partial charge on any atom is 0.358 e. The molecule has 1 N–H and O–H groups in total. The van der Waals surface area contributed by atoms with Crippen LogP contribution in [0.3, 0.4) is 0 Å². The summed E-state index contributed by atoms with van der Waals surface area (Å²) in [7, 11) is 3.15. The van der Waals surface area contributed by atoms with Crippen LogP contribution in [0.5, 0.6) is 11.5 Å². The highest BCUT2D eigenvalue weighted by molar-refractivity contribution is 5.80. The van der Waals surface area contributed by atoms with Gasteiger partial charge in [0.2, 0.25) is 0 Å². The van der Waals surface area contributed by atoms with Gasteiger partial charge >= 0.3 is 11.7 Å². The number of hydrogen-bond donors (Lipinski definition) is 1. The van der Waals surface area contributed by atoms with Crippen molar-refractivity contribution in [1.82, 2.24) is 10.1 Å². The molecule has 0 atom stereocenters. The summed E-state index contributed by atoms with van der Waals surface area (Å²) in [6, 6.07) is 15.5. The normalized spacial score (nSPS) is 10.4. The molecule has 0 saturated carbocycles. The summed E-state index contributed by atoms with van der Waals surface area (Å²) in [6.07, 6.45) is 0.582. The number of rotatable bonds is 6. The van der Waals surface area contributed by atoms with Gasteiger partial charge < -0.3 is 19.3 Å². The minimum absolute atomic E-state index is 0.366. The van der Waals surface area contributed by atoms with Gasteiger partial charge in [-0.2, -0.15) is 0 Å². The topological polar surface area (TPSA) is 82.7 Å². The van der Waals surface area contributed by atoms with E-state index in [1.165, 1.54) is 6.07 Å². The SMILES string of the molecule is COc1ccc(CCNC(=O)n2oc(=O)cc2-c2ccccc2)cc1OC. The van der Waals surface area contributed by atoms with Gasteiger partial charge in [-0.1, -0.05) is 36.4 Å². The van der Waals surface area contributed by atoms with E-state index in [9.17, 15) is 9.59 Å². The van der Waals surface area contributed by atoms with Gasteiger partial charge in [-0.3, -0.25) is 0 Å². The average molecular weight is 368 g/mol. The first-order valence-electron chi connectivity index (χ1n) is 8.40. The van der Waals surface area contributed by atoms with Crippen molar-refractivity contribution in [2.75, 3.05) is 20.8 Å². The number of carbonyl (C=O) groups excluding carboxylic acids is 1. The molecule has 0 aliphatic rings. The number of carbonyl (C=O) groups is 1. The Hall–Kier alpha value is -3.48. The number of methoxy groups -OCH3 is 2. The van der Waals surface area contributed by atoms with Crippen molar-refractivity contribution in [3.8, 4) is 22.8 Å². The molecule has 7 heteroatoms. The van der Waals surface area contributed by atoms with Gasteiger partial charge in [0.1, 0.15) is 5.69 Å². The molecule has 7 nitrogen and oxygen atoms in total. The van der Waals surface area contributed by atoms with Gasteiger partial charge in [0.25, 0.3) is 0 Å². The van der Waals surface area contributed by atoms with E-state index in [1.54, 1.807) is 26.4 Å². The summed E-state index contributed by atoms with van der Waals surface area (Å²) in [5, 5.41) is 2.76. The molecule has 0 spiro atoms. The third-order valence-electron chi connectivity index (χ3n) is 4.05. The van der Waals surface area contributed by atoms with Crippen LogP contribution in [-0.4, -0.2) is 31.5 Å². The Kier molecular flexibility index (Phi) is 5.61. The second-order valence-corrected chi connectivity index (χ2v) is 5.77. The van der Waals surface area contributed by atoms with E-state index in [4.69, 9.17) is 14.0 Å². The predicted molar refractivity (Wildman–Crippen MR) is 100 cm³/mol. The van der Waals surface area contributed by atoms with Gasteiger partial charge in [0.15, 0.2) is 11.5 Å². The van der Waals surface area contributed by atoms with Gasteiger partial charge in [0.05, 0.1) is 20.3 Å². The minimum Gasteiger partial charge on any atom is -0.493 e. The van der Waals surface area contributed by atoms with E-state index in [1.807, 2.05) is 36.4 Å². The number of nitrogens with zero attached hydrogens (tertiary/aromatic N) is 1. The molecule has 0 saturated heterocycles. The summed E-state index contributed by atoms with van der Waals surface area (Å²) in [6.45, 7) is 0.366. The van der Waals surface area contributed by atoms with Crippen molar-refractivity contribution in [3.05, 3.63) is 70.6 Å². The molecule has 3 rings (SSSR count). The Bertz CT molecular complexity index is 976. The highest BCUT2D eigenvalue weighted by atomic mass is 16.5. The van der Waals surface area contributed by atoms with Gasteiger partial charge in [-0.25, -0.2) is 9.59 Å². The third-order valence-corrected chi connectivity index (χ3v) is 4.05. The van der Waals surface area contributed by atoms with Crippen LogP contribution < -0.4 is 20.4 Å². The molecule has 1 amide bonds. The van der Waals surface area contributed by atoms with Crippen molar-refractivity contribution in [3.63, 3.8) is 0 Å². The largest absolute Gasteiger partial charge is 0.493 e. The third kappa shape index (κ3) is 4.20. The fourth-order valence-electron chi connectivity index (χ4n) is 2.72. The molecule has 3 aromatic rings. The van der Waals surface area contributed by atoms with Crippen molar-refractivity contribution >= 4 is 6.03 Å². The van der Waals surface area contributed by atoms with E-state index in [0.29, 0.717) is 30.2 Å². The first-order chi connectivity index (χ1) is 13.1. The van der Waals surface area contributed by atoms with E-state index in [2.05, 4.69) is 5.32 Å². The summed E-state index contributed by atoms with van der Waals surface area (Å²) in [5.41, 5.74) is 1.52. The molecule has 0 bridgehead atoms. The van der Waals surface area contributed by atoms with Crippen LogP contribution in [0.1, 0.15) is 5.56 Å². The van der Waals surface area contributed by atoms with Gasteiger partial charge in [0, 0.05) is 12.1 Å². The van der Waals surface area contributed by atoms with Crippen LogP contribution >= 0.6 is 0 Å². The first-order valence-corrected chi connectivity index (χ1v) is 8.40. The van der Waals surface area contributed by atoms with Crippen molar-refractivity contribution in [2.45, 2.75) is 6.42 Å². The Labute approximate surface area is 156 Å². The Morgan fingerprint density at radius 1 is 1.04 bits per heavy atom. The zero-order chi connectivity index (χ0) is 19.2. The maximum atomic E-state index is 12.4. The molecule has 0 unspecified atom stereocenters. The number of ether oxygens (including phenoxy) is 2. The van der Waals surface area contributed by atoms with Crippen LogP contribution in [0.15, 0.2) is 63.9 Å². The Balaban J connectivity index is 1.68. The molecule has 1 aromatic heterocycles. The lowest BCUT2D eigenvalue weighted by atomic mass is 10.1. The van der Waals surface area contributed by atoms with Gasteiger partial charge in [-0.05, 0) is 24.1 Å². The second-order valence-electron chi connectivity index (χ2n) is 5.77. The van der Waals surface area contributed by atoms with Crippen LogP contribution in [-0.2, 0) is 6.42 Å². The molecular formula is C20H20N2O5. The van der Waals surface area contributed by atoms with Crippen molar-refractivity contribution in [1.29, 1.82) is 0 Å². The number of benzene rings is 2. The van der Waals surface area contributed by atoms with Crippen LogP contribution in [0.4, 0.5) is 4.79 Å². The fourth-order valence-corrected chi connectivity index (χ4v) is 2.72. The minimum atomic E-state index is -0.580. The monoisotopic (exact) mass is 368 g/mol. The highest BCUT2D eigenvalue weighted by Gasteiger charge is 2.15. The first kappa shape index (κ1) is 18.3. The average Bonchev–Trinajstić information content (AvgIpc) is 3.10. The standard InChI is InChI=1S/C20H20N2O5/c1-25-17-9-8-14(12-18(17)26-2)10-11-21-20(24)22-16(13-19(23)27-22)15-6-4-3-5-7-15/h3-9,12-13H,10-11H2,1-2H3,(H,21,24). The predicted octanol–water partition coefficient (Wildman–Crippen LogP) is 2.93. The molecule has 140 valence electrons. The molecule has 1 heterocycles. The maximum absolute atomic E-state index is 12.4. The smallest absolute Gasteiger partial charge is 0.358 e. The fraction of sp³-hybridized carbons (Fsp3) is 0.200. The highest BCUT2D eigenvalue weighted by Crippen LogP contribution is 2.27. The summed E-state index contributed by atoms with van der Waals surface area (Å²) < 4.78 is 16.5. The zero-order valence-electron chi connectivity index (χ0n) is 15.1. The lowest BCUT2D eigenvalue weighted by Gasteiger charge is -2.10. The second kappa shape index (κ2) is 8.27. The van der Waals surface area contributed by atoms with E-state index in [0.717, 1.165) is 15.9 Å². The Morgan fingerprint density at radius 2 is 1.78 bits per heavy atom. The molecule has 27 heavy (non-hydrogen) atoms. The molecular weight excluding hydrogens is 348 g/mol. The van der Waals surface area contributed by atoms with Gasteiger partial charge in [-0.15, -0.1) is 4.74 Å². The molecule has 0 aliphatic heterocycles. The number of aromatic nitrogens is 1. The lowest BCUT2D eigenvalue weighted by molar-refractivity contribution is 0.208. The zero-order valence-corrected chi connectivity index (χ0v) is 15.1. The number of amides is 1. The lowest BCUT2D eigenvalue weighted by Crippen LogP contribution is -2.30. The Morgan fingerprint density at radius 3 is 2.48 bits per heavy atom. The molecule has 0 fully saturated rings. The number of nitrogens with one attached hydrogen (secondary N) is 1. The summed E-state index contributed by atoms with van der Waals surface area (Å²) >= 11 is 0. The van der Waals surface area contributed by atoms with Crippen molar-refractivity contribution in [2.24, 2.45) is 0 Å². The molecule has 0 radical (unpaired) electrons.